The summed E-state index contributed by atoms with van der Waals surface area (Å²) in [6.45, 7) is 2.04. The van der Waals surface area contributed by atoms with E-state index in [1.807, 2.05) is 0 Å². The lowest BCUT2D eigenvalue weighted by Crippen LogP contribution is -2.09. The van der Waals surface area contributed by atoms with Crippen molar-refractivity contribution in [2.45, 2.75) is 18.4 Å². The van der Waals surface area contributed by atoms with Crippen molar-refractivity contribution in [2.24, 2.45) is 0 Å². The number of nitrogens with zero attached hydrogens (tertiary/aromatic N) is 1. The largest absolute Gasteiger partial charge is 0.384 e. The van der Waals surface area contributed by atoms with Crippen LogP contribution in [0.5, 0.6) is 0 Å². The number of aromatic nitrogens is 2. The van der Waals surface area contributed by atoms with E-state index in [0.717, 1.165) is 5.56 Å². The standard InChI is InChI=1S/C12H16N4O2S/c1-2-19(17,18)11-6-4-3-5-10(11)14-7-9-8-15-16-12(9)13/h3-6,8,14H,2,7H2,1H3,(H3,13,15,16). The topological polar surface area (TPSA) is 101 Å². The van der Waals surface area contributed by atoms with E-state index in [-0.39, 0.29) is 5.75 Å². The second kappa shape index (κ2) is 5.31. The molecular weight excluding hydrogens is 264 g/mol. The maximum Gasteiger partial charge on any atom is 0.180 e. The molecule has 19 heavy (non-hydrogen) atoms. The Kier molecular flexibility index (Phi) is 3.75. The number of H-pyrrole nitrogens is 1. The molecule has 1 aromatic carbocycles. The molecule has 0 aliphatic carbocycles. The zero-order chi connectivity index (χ0) is 13.9. The molecule has 0 spiro atoms. The maximum atomic E-state index is 12.0. The fourth-order valence-corrected chi connectivity index (χ4v) is 2.76. The molecule has 0 unspecified atom stereocenters. The van der Waals surface area contributed by atoms with Gasteiger partial charge in [0, 0.05) is 12.1 Å². The van der Waals surface area contributed by atoms with Crippen molar-refractivity contribution < 1.29 is 8.42 Å². The van der Waals surface area contributed by atoms with Gasteiger partial charge >= 0.3 is 0 Å². The number of rotatable bonds is 5. The highest BCUT2D eigenvalue weighted by Gasteiger charge is 2.16. The zero-order valence-electron chi connectivity index (χ0n) is 10.6. The molecule has 0 saturated carbocycles. The van der Waals surface area contributed by atoms with Crippen molar-refractivity contribution in [3.05, 3.63) is 36.0 Å². The number of hydrogen-bond donors (Lipinski definition) is 3. The minimum absolute atomic E-state index is 0.0690. The van der Waals surface area contributed by atoms with E-state index in [4.69, 9.17) is 5.73 Å². The van der Waals surface area contributed by atoms with Gasteiger partial charge < -0.3 is 11.1 Å². The second-order valence-corrected chi connectivity index (χ2v) is 6.31. The van der Waals surface area contributed by atoms with Crippen molar-refractivity contribution in [1.82, 2.24) is 10.2 Å². The summed E-state index contributed by atoms with van der Waals surface area (Å²) in [7, 11) is -3.25. The number of anilines is 2. The van der Waals surface area contributed by atoms with E-state index < -0.39 is 9.84 Å². The third-order valence-electron chi connectivity index (χ3n) is 2.82. The fourth-order valence-electron chi connectivity index (χ4n) is 1.69. The average Bonchev–Trinajstić information content (AvgIpc) is 2.82. The Morgan fingerprint density at radius 2 is 2.11 bits per heavy atom. The summed E-state index contributed by atoms with van der Waals surface area (Å²) in [5, 5.41) is 9.52. The molecule has 0 saturated heterocycles. The SMILES string of the molecule is CCS(=O)(=O)c1ccccc1NCc1cn[nH]c1N. The lowest BCUT2D eigenvalue weighted by molar-refractivity contribution is 0.597. The third kappa shape index (κ3) is 2.87. The molecule has 0 fully saturated rings. The lowest BCUT2D eigenvalue weighted by Gasteiger charge is -2.11. The molecular formula is C12H16N4O2S. The average molecular weight is 280 g/mol. The molecule has 6 nitrogen and oxygen atoms in total. The highest BCUT2D eigenvalue weighted by atomic mass is 32.2. The first-order chi connectivity index (χ1) is 9.04. The number of aromatic amines is 1. The molecule has 0 amide bonds. The van der Waals surface area contributed by atoms with Gasteiger partial charge in [-0.3, -0.25) is 5.10 Å². The van der Waals surface area contributed by atoms with Crippen LogP contribution in [0, 0.1) is 0 Å². The van der Waals surface area contributed by atoms with Gasteiger partial charge in [-0.25, -0.2) is 8.42 Å². The van der Waals surface area contributed by atoms with E-state index in [1.165, 1.54) is 0 Å². The lowest BCUT2D eigenvalue weighted by atomic mass is 10.3. The van der Waals surface area contributed by atoms with Crippen LogP contribution >= 0.6 is 0 Å². The summed E-state index contributed by atoms with van der Waals surface area (Å²) in [6.07, 6.45) is 1.61. The van der Waals surface area contributed by atoms with Gasteiger partial charge in [-0.1, -0.05) is 19.1 Å². The molecule has 1 heterocycles. The van der Waals surface area contributed by atoms with Gasteiger partial charge in [0.25, 0.3) is 0 Å². The van der Waals surface area contributed by atoms with Gasteiger partial charge in [-0.15, -0.1) is 0 Å². The first kappa shape index (κ1) is 13.4. The number of nitrogens with two attached hydrogens (primary N) is 1. The Morgan fingerprint density at radius 1 is 1.37 bits per heavy atom. The first-order valence-electron chi connectivity index (χ1n) is 5.88. The summed E-state index contributed by atoms with van der Waals surface area (Å²) in [5.41, 5.74) is 7.05. The van der Waals surface area contributed by atoms with Crippen LogP contribution in [0.2, 0.25) is 0 Å². The van der Waals surface area contributed by atoms with E-state index in [9.17, 15) is 8.42 Å². The minimum Gasteiger partial charge on any atom is -0.384 e. The maximum absolute atomic E-state index is 12.0. The van der Waals surface area contributed by atoms with Gasteiger partial charge in [0.05, 0.1) is 22.5 Å². The van der Waals surface area contributed by atoms with Crippen molar-refractivity contribution in [3.8, 4) is 0 Å². The smallest absolute Gasteiger partial charge is 0.180 e. The molecule has 7 heteroatoms. The predicted octanol–water partition coefficient (Wildman–Crippen LogP) is 1.40. The number of sulfone groups is 1. The Morgan fingerprint density at radius 3 is 2.74 bits per heavy atom. The second-order valence-electron chi connectivity index (χ2n) is 4.06. The highest BCUT2D eigenvalue weighted by Crippen LogP contribution is 2.23. The van der Waals surface area contributed by atoms with Gasteiger partial charge in [-0.05, 0) is 12.1 Å². The van der Waals surface area contributed by atoms with Gasteiger partial charge in [-0.2, -0.15) is 5.10 Å². The van der Waals surface area contributed by atoms with Crippen molar-refractivity contribution in [1.29, 1.82) is 0 Å². The van der Waals surface area contributed by atoms with Crippen LogP contribution < -0.4 is 11.1 Å². The molecule has 102 valence electrons. The van der Waals surface area contributed by atoms with E-state index in [2.05, 4.69) is 15.5 Å². The van der Waals surface area contributed by atoms with Crippen LogP contribution in [0.1, 0.15) is 12.5 Å². The molecule has 2 aromatic rings. The number of nitrogen functional groups attached to an aromatic ring is 1. The van der Waals surface area contributed by atoms with Crippen molar-refractivity contribution in [2.75, 3.05) is 16.8 Å². The molecule has 0 atom stereocenters. The first-order valence-corrected chi connectivity index (χ1v) is 7.53. The van der Waals surface area contributed by atoms with Gasteiger partial charge in [0.1, 0.15) is 5.82 Å². The number of hydrogen-bond acceptors (Lipinski definition) is 5. The molecule has 0 radical (unpaired) electrons. The van der Waals surface area contributed by atoms with Crippen molar-refractivity contribution >= 4 is 21.3 Å². The Balaban J connectivity index is 2.24. The monoisotopic (exact) mass is 280 g/mol. The third-order valence-corrected chi connectivity index (χ3v) is 4.61. The number of para-hydroxylation sites is 1. The van der Waals surface area contributed by atoms with Crippen LogP contribution in [-0.4, -0.2) is 24.4 Å². The van der Waals surface area contributed by atoms with Crippen LogP contribution in [0.25, 0.3) is 0 Å². The van der Waals surface area contributed by atoms with Gasteiger partial charge in [0.2, 0.25) is 0 Å². The quantitative estimate of drug-likeness (QED) is 0.768. The normalized spacial score (nSPS) is 11.4. The van der Waals surface area contributed by atoms with Crippen LogP contribution in [-0.2, 0) is 16.4 Å². The van der Waals surface area contributed by atoms with E-state index in [0.29, 0.717) is 22.9 Å². The number of nitrogens with one attached hydrogen (secondary N) is 2. The van der Waals surface area contributed by atoms with Crippen LogP contribution in [0.3, 0.4) is 0 Å². The van der Waals surface area contributed by atoms with Gasteiger partial charge in [0.15, 0.2) is 9.84 Å². The molecule has 2 rings (SSSR count). The summed E-state index contributed by atoms with van der Waals surface area (Å²) in [5.74, 6) is 0.544. The summed E-state index contributed by atoms with van der Waals surface area (Å²) < 4.78 is 23.9. The van der Waals surface area contributed by atoms with Crippen LogP contribution in [0.4, 0.5) is 11.5 Å². The summed E-state index contributed by atoms with van der Waals surface area (Å²) in [4.78, 5) is 0.305. The minimum atomic E-state index is -3.25. The van der Waals surface area contributed by atoms with E-state index >= 15 is 0 Å². The summed E-state index contributed by atoms with van der Waals surface area (Å²) >= 11 is 0. The Bertz CT molecular complexity index is 664. The summed E-state index contributed by atoms with van der Waals surface area (Å²) in [6, 6.07) is 6.83. The van der Waals surface area contributed by atoms with Crippen LogP contribution in [0.15, 0.2) is 35.4 Å². The Hall–Kier alpha value is -2.02. The molecule has 1 aromatic heterocycles. The highest BCUT2D eigenvalue weighted by molar-refractivity contribution is 7.91. The molecule has 0 aliphatic rings. The molecule has 4 N–H and O–H groups in total. The molecule has 0 bridgehead atoms. The number of benzene rings is 1. The Labute approximate surface area is 111 Å². The molecule has 0 aliphatic heterocycles. The predicted molar refractivity (Wildman–Crippen MR) is 74.5 cm³/mol. The van der Waals surface area contributed by atoms with Crippen molar-refractivity contribution in [3.63, 3.8) is 0 Å². The zero-order valence-corrected chi connectivity index (χ0v) is 11.4. The fraction of sp³-hybridized carbons (Fsp3) is 0.250. The van der Waals surface area contributed by atoms with E-state index in [1.54, 1.807) is 37.4 Å².